The van der Waals surface area contributed by atoms with Crippen molar-refractivity contribution in [3.05, 3.63) is 65.5 Å². The number of amides is 2. The smallest absolute Gasteiger partial charge is 0.257 e. The molecular weight excluding hydrogens is 371 g/mol. The Morgan fingerprint density at radius 3 is 2.76 bits per heavy atom. The van der Waals surface area contributed by atoms with E-state index in [0.717, 1.165) is 6.42 Å². The molecule has 1 saturated heterocycles. The molecule has 1 atom stereocenters. The molecule has 0 unspecified atom stereocenters. The summed E-state index contributed by atoms with van der Waals surface area (Å²) >= 11 is 0. The van der Waals surface area contributed by atoms with Crippen molar-refractivity contribution >= 4 is 11.8 Å². The number of piperidine rings is 1. The van der Waals surface area contributed by atoms with Gasteiger partial charge in [-0.3, -0.25) is 9.59 Å². The van der Waals surface area contributed by atoms with Gasteiger partial charge in [-0.25, -0.2) is 4.39 Å². The van der Waals surface area contributed by atoms with Crippen LogP contribution in [0.25, 0.3) is 0 Å². The molecule has 154 valence electrons. The second-order valence-electron chi connectivity index (χ2n) is 7.63. The Kier molecular flexibility index (Phi) is 6.52. The van der Waals surface area contributed by atoms with Crippen molar-refractivity contribution in [3.8, 4) is 5.75 Å². The molecule has 2 aromatic carbocycles. The maximum Gasteiger partial charge on any atom is 0.257 e. The van der Waals surface area contributed by atoms with Crippen molar-refractivity contribution in [1.82, 2.24) is 10.2 Å². The van der Waals surface area contributed by atoms with Crippen LogP contribution in [-0.2, 0) is 11.3 Å². The zero-order valence-electron chi connectivity index (χ0n) is 16.9. The third kappa shape index (κ3) is 4.94. The lowest BCUT2D eigenvalue weighted by Crippen LogP contribution is -2.51. The summed E-state index contributed by atoms with van der Waals surface area (Å²) in [6.07, 6.45) is 1.44. The van der Waals surface area contributed by atoms with Gasteiger partial charge in [0.05, 0.1) is 17.6 Å². The average molecular weight is 398 g/mol. The molecular formula is C23H27FN2O3. The van der Waals surface area contributed by atoms with Gasteiger partial charge in [-0.15, -0.1) is 0 Å². The molecule has 1 aliphatic rings. The van der Waals surface area contributed by atoms with Crippen molar-refractivity contribution in [2.45, 2.75) is 33.2 Å². The topological polar surface area (TPSA) is 58.6 Å². The summed E-state index contributed by atoms with van der Waals surface area (Å²) in [5, 5.41) is 2.90. The highest BCUT2D eigenvalue weighted by atomic mass is 19.1. The molecule has 0 bridgehead atoms. The van der Waals surface area contributed by atoms with Crippen LogP contribution in [0, 0.1) is 11.2 Å². The van der Waals surface area contributed by atoms with E-state index in [1.807, 2.05) is 26.0 Å². The van der Waals surface area contributed by atoms with Gasteiger partial charge in [0, 0.05) is 19.6 Å². The second kappa shape index (κ2) is 9.07. The van der Waals surface area contributed by atoms with Gasteiger partial charge in [-0.1, -0.05) is 24.3 Å². The van der Waals surface area contributed by atoms with E-state index in [0.29, 0.717) is 43.0 Å². The van der Waals surface area contributed by atoms with Gasteiger partial charge in [0.2, 0.25) is 5.91 Å². The first-order valence-corrected chi connectivity index (χ1v) is 9.97. The number of para-hydroxylation sites is 1. The minimum atomic E-state index is -0.693. The number of ether oxygens (including phenoxy) is 1. The number of nitrogens with zero attached hydrogens (tertiary/aromatic N) is 1. The molecule has 1 aliphatic heterocycles. The SMILES string of the molecule is CCOc1ccccc1C(=O)N1CCC[C@@](C)(C(=O)NCc2cccc(F)c2)C1. The summed E-state index contributed by atoms with van der Waals surface area (Å²) in [6, 6.07) is 13.4. The molecule has 0 aromatic heterocycles. The molecule has 0 saturated carbocycles. The average Bonchev–Trinajstić information content (AvgIpc) is 2.72. The summed E-state index contributed by atoms with van der Waals surface area (Å²) in [5.74, 6) is -0.0246. The number of nitrogens with one attached hydrogen (secondary N) is 1. The quantitative estimate of drug-likeness (QED) is 0.806. The Morgan fingerprint density at radius 1 is 1.21 bits per heavy atom. The highest BCUT2D eigenvalue weighted by Gasteiger charge is 2.39. The maximum atomic E-state index is 13.3. The van der Waals surface area contributed by atoms with Crippen molar-refractivity contribution in [2.24, 2.45) is 5.41 Å². The summed E-state index contributed by atoms with van der Waals surface area (Å²) in [7, 11) is 0. The summed E-state index contributed by atoms with van der Waals surface area (Å²) in [5.41, 5.74) is 0.525. The van der Waals surface area contributed by atoms with Gasteiger partial charge >= 0.3 is 0 Å². The molecule has 2 amide bonds. The van der Waals surface area contributed by atoms with Gasteiger partial charge < -0.3 is 15.0 Å². The van der Waals surface area contributed by atoms with Crippen LogP contribution in [0.4, 0.5) is 4.39 Å². The fourth-order valence-electron chi connectivity index (χ4n) is 3.74. The zero-order valence-corrected chi connectivity index (χ0v) is 16.9. The highest BCUT2D eigenvalue weighted by Crippen LogP contribution is 2.32. The van der Waals surface area contributed by atoms with E-state index in [1.165, 1.54) is 12.1 Å². The Labute approximate surface area is 170 Å². The Morgan fingerprint density at radius 2 is 2.00 bits per heavy atom. The first-order valence-electron chi connectivity index (χ1n) is 9.97. The van der Waals surface area contributed by atoms with E-state index < -0.39 is 5.41 Å². The molecule has 5 nitrogen and oxygen atoms in total. The van der Waals surface area contributed by atoms with Crippen LogP contribution in [-0.4, -0.2) is 36.4 Å². The summed E-state index contributed by atoms with van der Waals surface area (Å²) in [6.45, 7) is 5.43. The fraction of sp³-hybridized carbons (Fsp3) is 0.391. The van der Waals surface area contributed by atoms with Crippen molar-refractivity contribution in [2.75, 3.05) is 19.7 Å². The van der Waals surface area contributed by atoms with Crippen LogP contribution < -0.4 is 10.1 Å². The number of halogens is 1. The first kappa shape index (κ1) is 20.8. The standard InChI is InChI=1S/C23H27FN2O3/c1-3-29-20-11-5-4-10-19(20)21(27)26-13-7-12-23(2,16-26)22(28)25-15-17-8-6-9-18(24)14-17/h4-6,8-11,14H,3,7,12-13,15-16H2,1-2H3,(H,25,28)/t23-/m1/s1. The predicted octanol–water partition coefficient (Wildman–Crippen LogP) is 3.78. The molecule has 1 N–H and O–H groups in total. The predicted molar refractivity (Wildman–Crippen MR) is 109 cm³/mol. The maximum absolute atomic E-state index is 13.3. The Bertz CT molecular complexity index is 886. The fourth-order valence-corrected chi connectivity index (χ4v) is 3.74. The van der Waals surface area contributed by atoms with Gasteiger partial charge in [0.1, 0.15) is 11.6 Å². The van der Waals surface area contributed by atoms with E-state index >= 15 is 0 Å². The molecule has 6 heteroatoms. The monoisotopic (exact) mass is 398 g/mol. The van der Waals surface area contributed by atoms with Crippen LogP contribution in [0.2, 0.25) is 0 Å². The summed E-state index contributed by atoms with van der Waals surface area (Å²) in [4.78, 5) is 27.7. The third-order valence-electron chi connectivity index (χ3n) is 5.29. The molecule has 1 fully saturated rings. The van der Waals surface area contributed by atoms with Crippen LogP contribution in [0.3, 0.4) is 0 Å². The molecule has 3 rings (SSSR count). The van der Waals surface area contributed by atoms with Gasteiger partial charge in [0.15, 0.2) is 0 Å². The molecule has 2 aromatic rings. The molecule has 0 spiro atoms. The van der Waals surface area contributed by atoms with E-state index in [9.17, 15) is 14.0 Å². The lowest BCUT2D eigenvalue weighted by Gasteiger charge is -2.39. The van der Waals surface area contributed by atoms with Crippen LogP contribution in [0.15, 0.2) is 48.5 Å². The normalized spacial score (nSPS) is 18.9. The lowest BCUT2D eigenvalue weighted by atomic mass is 9.80. The van der Waals surface area contributed by atoms with Crippen LogP contribution >= 0.6 is 0 Å². The van der Waals surface area contributed by atoms with E-state index in [4.69, 9.17) is 4.74 Å². The molecule has 0 radical (unpaired) electrons. The van der Waals surface area contributed by atoms with E-state index in [-0.39, 0.29) is 24.2 Å². The van der Waals surface area contributed by atoms with Crippen molar-refractivity contribution in [3.63, 3.8) is 0 Å². The Balaban J connectivity index is 1.68. The number of carbonyl (C=O) groups excluding carboxylic acids is 2. The second-order valence-corrected chi connectivity index (χ2v) is 7.63. The van der Waals surface area contributed by atoms with Crippen molar-refractivity contribution in [1.29, 1.82) is 0 Å². The van der Waals surface area contributed by atoms with E-state index in [2.05, 4.69) is 5.32 Å². The minimum absolute atomic E-state index is 0.127. The van der Waals surface area contributed by atoms with Crippen LogP contribution in [0.5, 0.6) is 5.75 Å². The van der Waals surface area contributed by atoms with Gasteiger partial charge in [-0.2, -0.15) is 0 Å². The van der Waals surface area contributed by atoms with E-state index in [1.54, 1.807) is 29.2 Å². The minimum Gasteiger partial charge on any atom is -0.493 e. The number of rotatable bonds is 6. The highest BCUT2D eigenvalue weighted by molar-refractivity contribution is 5.97. The first-order chi connectivity index (χ1) is 13.9. The number of likely N-dealkylation sites (tertiary alicyclic amines) is 1. The van der Waals surface area contributed by atoms with Gasteiger partial charge in [0.25, 0.3) is 5.91 Å². The molecule has 0 aliphatic carbocycles. The Hall–Kier alpha value is -2.89. The third-order valence-corrected chi connectivity index (χ3v) is 5.29. The van der Waals surface area contributed by atoms with Crippen molar-refractivity contribution < 1.29 is 18.7 Å². The number of benzene rings is 2. The zero-order chi connectivity index (χ0) is 20.9. The molecule has 1 heterocycles. The summed E-state index contributed by atoms with van der Waals surface area (Å²) < 4.78 is 18.9. The number of carbonyl (C=O) groups is 2. The molecule has 29 heavy (non-hydrogen) atoms. The largest absolute Gasteiger partial charge is 0.493 e. The van der Waals surface area contributed by atoms with Gasteiger partial charge in [-0.05, 0) is 56.5 Å². The number of hydrogen-bond donors (Lipinski definition) is 1. The van der Waals surface area contributed by atoms with Crippen LogP contribution in [0.1, 0.15) is 42.6 Å². The lowest BCUT2D eigenvalue weighted by molar-refractivity contribution is -0.132. The number of hydrogen-bond acceptors (Lipinski definition) is 3.